The summed E-state index contributed by atoms with van der Waals surface area (Å²) >= 11 is 1.39. The maximum absolute atomic E-state index is 13.2. The molecule has 1 amide bonds. The Kier molecular flexibility index (Phi) is 6.37. The normalized spacial score (nSPS) is 11.0. The molecule has 8 heteroatoms. The van der Waals surface area contributed by atoms with E-state index in [0.29, 0.717) is 21.8 Å². The molecule has 0 atom stereocenters. The van der Waals surface area contributed by atoms with Gasteiger partial charge in [0.15, 0.2) is 0 Å². The summed E-state index contributed by atoms with van der Waals surface area (Å²) in [5.74, 6) is -0.592. The molecule has 1 N–H and O–H groups in total. The Morgan fingerprint density at radius 2 is 1.85 bits per heavy atom. The van der Waals surface area contributed by atoms with Crippen molar-refractivity contribution in [1.29, 1.82) is 0 Å². The van der Waals surface area contributed by atoms with E-state index in [9.17, 15) is 14.4 Å². The maximum atomic E-state index is 13.2. The zero-order chi connectivity index (χ0) is 23.5. The van der Waals surface area contributed by atoms with Gasteiger partial charge in [0, 0.05) is 10.9 Å². The number of carbonyl (C=O) groups excluding carboxylic acids is 2. The molecule has 33 heavy (non-hydrogen) atoms. The van der Waals surface area contributed by atoms with E-state index in [1.165, 1.54) is 34.9 Å². The lowest BCUT2D eigenvalue weighted by Gasteiger charge is -2.11. The number of nitrogens with zero attached hydrogens (tertiary/aromatic N) is 2. The van der Waals surface area contributed by atoms with E-state index >= 15 is 0 Å². The highest BCUT2D eigenvalue weighted by Crippen LogP contribution is 2.31. The number of nitrogens with one attached hydrogen (secondary N) is 1. The third-order valence-electron chi connectivity index (χ3n) is 5.37. The molecule has 0 bridgehead atoms. The maximum Gasteiger partial charge on any atom is 0.339 e. The van der Waals surface area contributed by atoms with Crippen LogP contribution >= 0.6 is 11.3 Å². The van der Waals surface area contributed by atoms with Crippen molar-refractivity contribution in [1.82, 2.24) is 9.55 Å². The van der Waals surface area contributed by atoms with E-state index in [1.54, 1.807) is 24.3 Å². The number of anilines is 1. The Labute approximate surface area is 194 Å². The molecule has 0 fully saturated rings. The van der Waals surface area contributed by atoms with Crippen LogP contribution in [0.2, 0.25) is 0 Å². The predicted molar refractivity (Wildman–Crippen MR) is 130 cm³/mol. The van der Waals surface area contributed by atoms with E-state index in [1.807, 2.05) is 17.5 Å². The molecule has 2 aromatic carbocycles. The number of thiophene rings is 1. The van der Waals surface area contributed by atoms with Crippen LogP contribution in [0.5, 0.6) is 0 Å². The molecular weight excluding hydrogens is 438 g/mol. The minimum absolute atomic E-state index is 0.235. The number of para-hydroxylation sites is 1. The standard InChI is InChI=1S/C25H23N3O4S/c1-15(2)16-8-10-17(11-9-16)19-13-33-23-22(19)24(30)28(14-26-23)12-21(29)27-20-7-5-4-6-18(20)25(31)32-3/h4-11,13-15H,12H2,1-3H3,(H,27,29). The van der Waals surface area contributed by atoms with Crippen molar-refractivity contribution in [2.45, 2.75) is 26.3 Å². The Balaban J connectivity index is 1.63. The molecule has 0 unspecified atom stereocenters. The van der Waals surface area contributed by atoms with Gasteiger partial charge in [-0.2, -0.15) is 0 Å². The summed E-state index contributed by atoms with van der Waals surface area (Å²) in [7, 11) is 1.27. The van der Waals surface area contributed by atoms with Gasteiger partial charge in [0.1, 0.15) is 11.4 Å². The summed E-state index contributed by atoms with van der Waals surface area (Å²) in [6, 6.07) is 14.7. The number of hydrogen-bond donors (Lipinski definition) is 1. The topological polar surface area (TPSA) is 90.3 Å². The summed E-state index contributed by atoms with van der Waals surface area (Å²) in [6.07, 6.45) is 1.37. The molecule has 0 saturated heterocycles. The first-order valence-corrected chi connectivity index (χ1v) is 11.3. The molecule has 2 heterocycles. The number of methoxy groups -OCH3 is 1. The number of amides is 1. The molecule has 0 saturated carbocycles. The fraction of sp³-hybridized carbons (Fsp3) is 0.200. The second-order valence-electron chi connectivity index (χ2n) is 7.87. The van der Waals surface area contributed by atoms with Crippen LogP contribution in [-0.4, -0.2) is 28.5 Å². The molecule has 7 nitrogen and oxygen atoms in total. The summed E-state index contributed by atoms with van der Waals surface area (Å²) in [4.78, 5) is 42.9. The van der Waals surface area contributed by atoms with Gasteiger partial charge in [0.25, 0.3) is 5.56 Å². The molecule has 0 aliphatic rings. The largest absolute Gasteiger partial charge is 0.465 e. The summed E-state index contributed by atoms with van der Waals surface area (Å²) in [5, 5.41) is 5.09. The summed E-state index contributed by atoms with van der Waals surface area (Å²) in [6.45, 7) is 4.03. The SMILES string of the molecule is COC(=O)c1ccccc1NC(=O)Cn1cnc2scc(-c3ccc(C(C)C)cc3)c2c1=O. The molecule has 0 spiro atoms. The number of carbonyl (C=O) groups is 2. The van der Waals surface area contributed by atoms with E-state index in [2.05, 4.69) is 36.3 Å². The average molecular weight is 462 g/mol. The van der Waals surface area contributed by atoms with Crippen LogP contribution in [0.15, 0.2) is 65.0 Å². The van der Waals surface area contributed by atoms with Crippen LogP contribution in [0.4, 0.5) is 5.69 Å². The molecular formula is C25H23N3O4S. The molecule has 2 aromatic heterocycles. The summed E-state index contributed by atoms with van der Waals surface area (Å²) in [5.41, 5.74) is 3.21. The number of aromatic nitrogens is 2. The highest BCUT2D eigenvalue weighted by Gasteiger charge is 2.17. The molecule has 4 aromatic rings. The van der Waals surface area contributed by atoms with Gasteiger partial charge < -0.3 is 10.1 Å². The van der Waals surface area contributed by atoms with Crippen LogP contribution in [0, 0.1) is 0 Å². The van der Waals surface area contributed by atoms with Gasteiger partial charge >= 0.3 is 5.97 Å². The summed E-state index contributed by atoms with van der Waals surface area (Å²) < 4.78 is 6.03. The van der Waals surface area contributed by atoms with Crippen molar-refractivity contribution < 1.29 is 14.3 Å². The van der Waals surface area contributed by atoms with Crippen molar-refractivity contribution in [3.63, 3.8) is 0 Å². The fourth-order valence-corrected chi connectivity index (χ4v) is 4.47. The van der Waals surface area contributed by atoms with Gasteiger partial charge in [0.2, 0.25) is 5.91 Å². The van der Waals surface area contributed by atoms with E-state index in [4.69, 9.17) is 4.74 Å². The monoisotopic (exact) mass is 461 g/mol. The molecule has 168 valence electrons. The Morgan fingerprint density at radius 3 is 2.55 bits per heavy atom. The van der Waals surface area contributed by atoms with Gasteiger partial charge in [-0.25, -0.2) is 9.78 Å². The third-order valence-corrected chi connectivity index (χ3v) is 6.26. The van der Waals surface area contributed by atoms with Gasteiger partial charge in [-0.1, -0.05) is 50.2 Å². The molecule has 4 rings (SSSR count). The quantitative estimate of drug-likeness (QED) is 0.421. The number of benzene rings is 2. The number of rotatable bonds is 6. The van der Waals surface area contributed by atoms with Gasteiger partial charge in [-0.05, 0) is 29.2 Å². The van der Waals surface area contributed by atoms with Crippen LogP contribution in [0.1, 0.15) is 35.7 Å². The van der Waals surface area contributed by atoms with Crippen LogP contribution in [0.3, 0.4) is 0 Å². The van der Waals surface area contributed by atoms with Crippen molar-refractivity contribution in [3.8, 4) is 11.1 Å². The minimum atomic E-state index is -0.558. The Bertz CT molecular complexity index is 1390. The zero-order valence-corrected chi connectivity index (χ0v) is 19.3. The van der Waals surface area contributed by atoms with Crippen molar-refractivity contribution in [3.05, 3.63) is 81.7 Å². The first-order valence-electron chi connectivity index (χ1n) is 10.4. The van der Waals surface area contributed by atoms with Gasteiger partial charge in [-0.3, -0.25) is 14.2 Å². The Morgan fingerprint density at radius 1 is 1.12 bits per heavy atom. The van der Waals surface area contributed by atoms with Crippen molar-refractivity contribution >= 4 is 39.1 Å². The number of esters is 1. The first kappa shape index (κ1) is 22.4. The van der Waals surface area contributed by atoms with Crippen LogP contribution < -0.4 is 10.9 Å². The number of hydrogen-bond acceptors (Lipinski definition) is 6. The third kappa shape index (κ3) is 4.56. The van der Waals surface area contributed by atoms with Crippen LogP contribution in [-0.2, 0) is 16.1 Å². The zero-order valence-electron chi connectivity index (χ0n) is 18.5. The molecule has 0 radical (unpaired) electrons. The second kappa shape index (κ2) is 9.38. The predicted octanol–water partition coefficient (Wildman–Crippen LogP) is 4.67. The second-order valence-corrected chi connectivity index (χ2v) is 8.73. The fourth-order valence-electron chi connectivity index (χ4n) is 3.56. The van der Waals surface area contributed by atoms with E-state index < -0.39 is 11.9 Å². The lowest BCUT2D eigenvalue weighted by atomic mass is 9.99. The smallest absolute Gasteiger partial charge is 0.339 e. The Hall–Kier alpha value is -3.78. The van der Waals surface area contributed by atoms with Crippen molar-refractivity contribution in [2.75, 3.05) is 12.4 Å². The van der Waals surface area contributed by atoms with Crippen LogP contribution in [0.25, 0.3) is 21.3 Å². The highest BCUT2D eigenvalue weighted by molar-refractivity contribution is 7.17. The van der Waals surface area contributed by atoms with E-state index in [0.717, 1.165) is 11.1 Å². The van der Waals surface area contributed by atoms with Crippen molar-refractivity contribution in [2.24, 2.45) is 0 Å². The number of fused-ring (bicyclic) bond motifs is 1. The minimum Gasteiger partial charge on any atom is -0.465 e. The first-order chi connectivity index (χ1) is 15.9. The van der Waals surface area contributed by atoms with Gasteiger partial charge in [-0.15, -0.1) is 11.3 Å². The molecule has 0 aliphatic heterocycles. The van der Waals surface area contributed by atoms with Gasteiger partial charge in [0.05, 0.1) is 30.1 Å². The lowest BCUT2D eigenvalue weighted by molar-refractivity contribution is -0.116. The average Bonchev–Trinajstić information content (AvgIpc) is 3.26. The highest BCUT2D eigenvalue weighted by atomic mass is 32.1. The lowest BCUT2D eigenvalue weighted by Crippen LogP contribution is -2.28. The number of ether oxygens (including phenoxy) is 1. The van der Waals surface area contributed by atoms with E-state index in [-0.39, 0.29) is 17.7 Å². The molecule has 0 aliphatic carbocycles.